The van der Waals surface area contributed by atoms with Crippen LogP contribution in [0.25, 0.3) is 0 Å². The Kier molecular flexibility index (Phi) is 7.82. The Labute approximate surface area is 128 Å². The van der Waals surface area contributed by atoms with Gasteiger partial charge in [-0.2, -0.15) is 5.10 Å². The molecule has 0 spiro atoms. The summed E-state index contributed by atoms with van der Waals surface area (Å²) in [5.41, 5.74) is 1.01. The minimum absolute atomic E-state index is 0.552. The molecule has 120 valence electrons. The molecule has 0 bridgehead atoms. The molecule has 3 N–H and O–H groups in total. The molecule has 6 nitrogen and oxygen atoms in total. The number of aromatic nitrogens is 2. The van der Waals surface area contributed by atoms with E-state index in [1.165, 1.54) is 0 Å². The number of nitrogens with one attached hydrogen (secondary N) is 3. The first kappa shape index (κ1) is 17.5. The van der Waals surface area contributed by atoms with E-state index in [4.69, 9.17) is 0 Å². The van der Waals surface area contributed by atoms with Crippen LogP contribution in [0, 0.1) is 0 Å². The van der Waals surface area contributed by atoms with E-state index in [1.807, 2.05) is 6.07 Å². The number of aromatic amines is 1. The van der Waals surface area contributed by atoms with Crippen LogP contribution in [0.4, 0.5) is 0 Å². The molecule has 0 fully saturated rings. The molecular weight excluding hydrogens is 264 g/mol. The van der Waals surface area contributed by atoms with E-state index in [2.05, 4.69) is 65.3 Å². The lowest BCUT2D eigenvalue weighted by molar-refractivity contribution is 0.178. The predicted octanol–water partition coefficient (Wildman–Crippen LogP) is 1.58. The van der Waals surface area contributed by atoms with Crippen molar-refractivity contribution < 1.29 is 0 Å². The molecule has 0 aromatic carbocycles. The van der Waals surface area contributed by atoms with Crippen molar-refractivity contribution in [2.75, 3.05) is 19.6 Å². The molecule has 21 heavy (non-hydrogen) atoms. The van der Waals surface area contributed by atoms with Gasteiger partial charge in [0.15, 0.2) is 5.96 Å². The summed E-state index contributed by atoms with van der Waals surface area (Å²) in [4.78, 5) is 7.01. The maximum absolute atomic E-state index is 4.55. The van der Waals surface area contributed by atoms with Crippen LogP contribution >= 0.6 is 0 Å². The van der Waals surface area contributed by atoms with Gasteiger partial charge in [0.05, 0.1) is 12.2 Å². The molecule has 0 aliphatic carbocycles. The summed E-state index contributed by atoms with van der Waals surface area (Å²) in [6.07, 6.45) is 1.74. The summed E-state index contributed by atoms with van der Waals surface area (Å²) < 4.78 is 0. The highest BCUT2D eigenvalue weighted by Gasteiger charge is 2.12. The number of guanidine groups is 1. The van der Waals surface area contributed by atoms with Crippen LogP contribution in [0.2, 0.25) is 0 Å². The van der Waals surface area contributed by atoms with Crippen LogP contribution in [0.5, 0.6) is 0 Å². The molecule has 1 aromatic heterocycles. The molecule has 0 amide bonds. The monoisotopic (exact) mass is 294 g/mol. The predicted molar refractivity (Wildman–Crippen MR) is 88.4 cm³/mol. The molecule has 0 aliphatic heterocycles. The van der Waals surface area contributed by atoms with Crippen LogP contribution in [-0.4, -0.2) is 52.8 Å². The van der Waals surface area contributed by atoms with E-state index in [0.29, 0.717) is 18.6 Å². The second-order valence-corrected chi connectivity index (χ2v) is 5.63. The summed E-state index contributed by atoms with van der Waals surface area (Å²) in [7, 11) is 0. The summed E-state index contributed by atoms with van der Waals surface area (Å²) in [6, 6.07) is 3.04. The summed E-state index contributed by atoms with van der Waals surface area (Å²) in [6.45, 7) is 14.3. The minimum Gasteiger partial charge on any atom is -0.357 e. The fraction of sp³-hybridized carbons (Fsp3) is 0.733. The lowest BCUT2D eigenvalue weighted by atomic mass is 10.2. The van der Waals surface area contributed by atoms with Gasteiger partial charge < -0.3 is 10.6 Å². The smallest absolute Gasteiger partial charge is 0.191 e. The van der Waals surface area contributed by atoms with E-state index in [-0.39, 0.29) is 0 Å². The zero-order valence-corrected chi connectivity index (χ0v) is 14.0. The molecule has 1 aromatic rings. The Balaban J connectivity index is 2.45. The van der Waals surface area contributed by atoms with Gasteiger partial charge in [-0.1, -0.05) is 0 Å². The maximum atomic E-state index is 4.55. The van der Waals surface area contributed by atoms with Gasteiger partial charge in [-0.05, 0) is 40.7 Å². The van der Waals surface area contributed by atoms with Gasteiger partial charge in [0.25, 0.3) is 0 Å². The zero-order valence-electron chi connectivity index (χ0n) is 14.0. The Hall–Kier alpha value is -1.56. The molecule has 0 aliphatic rings. The molecule has 1 rings (SSSR count). The molecule has 0 unspecified atom stereocenters. The zero-order chi connectivity index (χ0) is 15.7. The highest BCUT2D eigenvalue weighted by atomic mass is 15.2. The van der Waals surface area contributed by atoms with Gasteiger partial charge in [0.2, 0.25) is 0 Å². The van der Waals surface area contributed by atoms with Crippen LogP contribution < -0.4 is 10.6 Å². The fourth-order valence-electron chi connectivity index (χ4n) is 2.29. The van der Waals surface area contributed by atoms with Crippen molar-refractivity contribution in [3.05, 3.63) is 18.0 Å². The highest BCUT2D eigenvalue weighted by molar-refractivity contribution is 5.79. The first-order valence-electron chi connectivity index (χ1n) is 7.80. The first-order valence-corrected chi connectivity index (χ1v) is 7.80. The van der Waals surface area contributed by atoms with Crippen molar-refractivity contribution in [2.24, 2.45) is 4.99 Å². The van der Waals surface area contributed by atoms with E-state index in [1.54, 1.807) is 6.20 Å². The van der Waals surface area contributed by atoms with Crippen molar-refractivity contribution in [3.8, 4) is 0 Å². The van der Waals surface area contributed by atoms with E-state index in [9.17, 15) is 0 Å². The van der Waals surface area contributed by atoms with Crippen LogP contribution in [-0.2, 0) is 6.54 Å². The standard InChI is InChI=1S/C15H30N6/c1-6-16-15(18-11-14-7-8-19-20-14)17-9-10-21(12(2)3)13(4)5/h7-8,12-13H,6,9-11H2,1-5H3,(H,19,20)(H2,16,17,18). The van der Waals surface area contributed by atoms with E-state index in [0.717, 1.165) is 31.3 Å². The molecule has 0 radical (unpaired) electrons. The third-order valence-electron chi connectivity index (χ3n) is 3.30. The van der Waals surface area contributed by atoms with E-state index >= 15 is 0 Å². The van der Waals surface area contributed by atoms with Gasteiger partial charge >= 0.3 is 0 Å². The van der Waals surface area contributed by atoms with Crippen LogP contribution in [0.3, 0.4) is 0 Å². The maximum Gasteiger partial charge on any atom is 0.191 e. The molecule has 0 saturated heterocycles. The molecule has 0 saturated carbocycles. The Morgan fingerprint density at radius 2 is 2.00 bits per heavy atom. The minimum atomic E-state index is 0.552. The molecular formula is C15H30N6. The first-order chi connectivity index (χ1) is 10.0. The van der Waals surface area contributed by atoms with Gasteiger partial charge in [0.1, 0.15) is 0 Å². The molecule has 1 heterocycles. The van der Waals surface area contributed by atoms with Gasteiger partial charge in [0, 0.05) is 37.9 Å². The third kappa shape index (κ3) is 6.62. The quantitative estimate of drug-likeness (QED) is 0.503. The average molecular weight is 294 g/mol. The normalized spacial score (nSPS) is 12.5. The number of nitrogens with zero attached hydrogens (tertiary/aromatic N) is 3. The highest BCUT2D eigenvalue weighted by Crippen LogP contribution is 2.03. The lowest BCUT2D eigenvalue weighted by Crippen LogP contribution is -2.45. The summed E-state index contributed by atoms with van der Waals surface area (Å²) >= 11 is 0. The number of rotatable bonds is 8. The average Bonchev–Trinajstić information content (AvgIpc) is 2.93. The van der Waals surface area contributed by atoms with Crippen LogP contribution in [0.1, 0.15) is 40.3 Å². The van der Waals surface area contributed by atoms with E-state index < -0.39 is 0 Å². The van der Waals surface area contributed by atoms with Gasteiger partial charge in [-0.15, -0.1) is 0 Å². The van der Waals surface area contributed by atoms with Crippen molar-refractivity contribution >= 4 is 5.96 Å². The van der Waals surface area contributed by atoms with Crippen molar-refractivity contribution in [1.82, 2.24) is 25.7 Å². The third-order valence-corrected chi connectivity index (χ3v) is 3.30. The Bertz CT molecular complexity index is 388. The lowest BCUT2D eigenvalue weighted by Gasteiger charge is -2.30. The number of hydrogen-bond donors (Lipinski definition) is 3. The van der Waals surface area contributed by atoms with Gasteiger partial charge in [-0.3, -0.25) is 10.00 Å². The Morgan fingerprint density at radius 3 is 2.52 bits per heavy atom. The largest absolute Gasteiger partial charge is 0.357 e. The second-order valence-electron chi connectivity index (χ2n) is 5.63. The Morgan fingerprint density at radius 1 is 1.29 bits per heavy atom. The SMILES string of the molecule is CCNC(=NCc1ccn[nH]1)NCCN(C(C)C)C(C)C. The van der Waals surface area contributed by atoms with Crippen molar-refractivity contribution in [1.29, 1.82) is 0 Å². The van der Waals surface area contributed by atoms with Crippen molar-refractivity contribution in [3.63, 3.8) is 0 Å². The van der Waals surface area contributed by atoms with Crippen LogP contribution in [0.15, 0.2) is 17.3 Å². The fourth-order valence-corrected chi connectivity index (χ4v) is 2.29. The summed E-state index contributed by atoms with van der Waals surface area (Å²) in [5, 5.41) is 13.5. The number of H-pyrrole nitrogens is 1. The second kappa shape index (κ2) is 9.39. The number of hydrogen-bond acceptors (Lipinski definition) is 3. The molecule has 6 heteroatoms. The summed E-state index contributed by atoms with van der Waals surface area (Å²) in [5.74, 6) is 0.847. The van der Waals surface area contributed by atoms with Gasteiger partial charge in [-0.25, -0.2) is 4.99 Å². The number of aliphatic imine (C=N–C) groups is 1. The molecule has 0 atom stereocenters. The van der Waals surface area contributed by atoms with Crippen molar-refractivity contribution in [2.45, 2.75) is 53.2 Å². The topological polar surface area (TPSA) is 68.3 Å².